The largest absolute Gasteiger partial charge is 0.392 e. The van der Waals surface area contributed by atoms with Crippen molar-refractivity contribution in [3.63, 3.8) is 0 Å². The van der Waals surface area contributed by atoms with Crippen LogP contribution in [-0.4, -0.2) is 33.3 Å². The summed E-state index contributed by atoms with van der Waals surface area (Å²) in [7, 11) is 2.08. The maximum Gasteiger partial charge on any atom is 0.0664 e. The SMILES string of the molecule is CCC(O)CN(Cc1cccn1C)C1CC1. The van der Waals surface area contributed by atoms with Crippen molar-refractivity contribution in [3.8, 4) is 0 Å². The van der Waals surface area contributed by atoms with E-state index in [-0.39, 0.29) is 6.10 Å². The van der Waals surface area contributed by atoms with E-state index in [1.807, 2.05) is 6.92 Å². The molecule has 0 saturated heterocycles. The number of aliphatic hydroxyl groups is 1. The minimum Gasteiger partial charge on any atom is -0.392 e. The van der Waals surface area contributed by atoms with Gasteiger partial charge in [0, 0.05) is 38.1 Å². The van der Waals surface area contributed by atoms with Crippen LogP contribution >= 0.6 is 0 Å². The molecule has 90 valence electrons. The highest BCUT2D eigenvalue weighted by Gasteiger charge is 2.30. The number of nitrogens with zero attached hydrogens (tertiary/aromatic N) is 2. The zero-order chi connectivity index (χ0) is 11.5. The molecule has 1 fully saturated rings. The number of aromatic nitrogens is 1. The van der Waals surface area contributed by atoms with Crippen molar-refractivity contribution >= 4 is 0 Å². The molecule has 1 aromatic heterocycles. The van der Waals surface area contributed by atoms with Crippen LogP contribution in [0.15, 0.2) is 18.3 Å². The molecule has 0 aliphatic heterocycles. The molecule has 1 saturated carbocycles. The third-order valence-electron chi connectivity index (χ3n) is 3.40. The van der Waals surface area contributed by atoms with Gasteiger partial charge in [-0.2, -0.15) is 0 Å². The van der Waals surface area contributed by atoms with Crippen LogP contribution in [0, 0.1) is 0 Å². The fraction of sp³-hybridized carbons (Fsp3) is 0.692. The van der Waals surface area contributed by atoms with Gasteiger partial charge in [-0.3, -0.25) is 4.90 Å². The Morgan fingerprint density at radius 3 is 2.81 bits per heavy atom. The van der Waals surface area contributed by atoms with Crippen LogP contribution in [0.2, 0.25) is 0 Å². The molecule has 0 aromatic carbocycles. The van der Waals surface area contributed by atoms with Crippen molar-refractivity contribution in [3.05, 3.63) is 24.0 Å². The first-order valence-corrected chi connectivity index (χ1v) is 6.23. The predicted octanol–water partition coefficient (Wildman–Crippen LogP) is 1.76. The number of hydrogen-bond acceptors (Lipinski definition) is 2. The van der Waals surface area contributed by atoms with Gasteiger partial charge < -0.3 is 9.67 Å². The molecule has 2 rings (SSSR count). The third kappa shape index (κ3) is 2.86. The van der Waals surface area contributed by atoms with Gasteiger partial charge in [-0.25, -0.2) is 0 Å². The second-order valence-corrected chi connectivity index (χ2v) is 4.83. The van der Waals surface area contributed by atoms with Crippen molar-refractivity contribution in [2.45, 2.75) is 44.9 Å². The fourth-order valence-electron chi connectivity index (χ4n) is 2.05. The minimum absolute atomic E-state index is 0.180. The van der Waals surface area contributed by atoms with Gasteiger partial charge in [0.25, 0.3) is 0 Å². The highest BCUT2D eigenvalue weighted by molar-refractivity contribution is 5.07. The monoisotopic (exact) mass is 222 g/mol. The van der Waals surface area contributed by atoms with Crippen LogP contribution in [0.4, 0.5) is 0 Å². The maximum atomic E-state index is 9.75. The third-order valence-corrected chi connectivity index (χ3v) is 3.40. The van der Waals surface area contributed by atoms with E-state index < -0.39 is 0 Å². The molecule has 3 nitrogen and oxygen atoms in total. The van der Waals surface area contributed by atoms with E-state index in [0.29, 0.717) is 6.04 Å². The van der Waals surface area contributed by atoms with Crippen LogP contribution in [0.1, 0.15) is 31.9 Å². The average Bonchev–Trinajstić information content (AvgIpc) is 3.04. The van der Waals surface area contributed by atoms with E-state index in [1.54, 1.807) is 0 Å². The van der Waals surface area contributed by atoms with Gasteiger partial charge in [-0.1, -0.05) is 6.92 Å². The molecule has 3 heteroatoms. The molecule has 16 heavy (non-hydrogen) atoms. The summed E-state index contributed by atoms with van der Waals surface area (Å²) in [5.41, 5.74) is 1.33. The van der Waals surface area contributed by atoms with E-state index in [9.17, 15) is 5.11 Å². The summed E-state index contributed by atoms with van der Waals surface area (Å²) in [6.07, 6.45) is 5.33. The molecule has 1 aliphatic rings. The summed E-state index contributed by atoms with van der Waals surface area (Å²) in [5.74, 6) is 0. The van der Waals surface area contributed by atoms with E-state index in [0.717, 1.165) is 19.5 Å². The maximum absolute atomic E-state index is 9.75. The zero-order valence-corrected chi connectivity index (χ0v) is 10.3. The first kappa shape index (κ1) is 11.7. The normalized spacial score (nSPS) is 18.0. The van der Waals surface area contributed by atoms with E-state index in [4.69, 9.17) is 0 Å². The summed E-state index contributed by atoms with van der Waals surface area (Å²) in [6.45, 7) is 3.82. The van der Waals surface area contributed by atoms with Crippen LogP contribution in [0.5, 0.6) is 0 Å². The lowest BCUT2D eigenvalue weighted by Gasteiger charge is -2.24. The average molecular weight is 222 g/mol. The molecule has 0 bridgehead atoms. The second-order valence-electron chi connectivity index (χ2n) is 4.83. The quantitative estimate of drug-likeness (QED) is 0.794. The Balaban J connectivity index is 1.95. The lowest BCUT2D eigenvalue weighted by atomic mass is 10.2. The Bertz CT molecular complexity index is 330. The highest BCUT2D eigenvalue weighted by atomic mass is 16.3. The molecule has 0 radical (unpaired) electrons. The Labute approximate surface area is 97.7 Å². The van der Waals surface area contributed by atoms with Gasteiger partial charge in [0.2, 0.25) is 0 Å². The molecular formula is C13H22N2O. The number of hydrogen-bond donors (Lipinski definition) is 1. The summed E-state index contributed by atoms with van der Waals surface area (Å²) in [4.78, 5) is 2.42. The standard InChI is InChI=1S/C13H22N2O/c1-3-13(16)10-15(11-6-7-11)9-12-5-4-8-14(12)2/h4-5,8,11,13,16H,3,6-7,9-10H2,1-2H3. The Hall–Kier alpha value is -0.800. The molecule has 1 aromatic rings. The van der Waals surface area contributed by atoms with Crippen LogP contribution in [-0.2, 0) is 13.6 Å². The fourth-order valence-corrected chi connectivity index (χ4v) is 2.05. The van der Waals surface area contributed by atoms with E-state index in [1.165, 1.54) is 18.5 Å². The van der Waals surface area contributed by atoms with Crippen LogP contribution in [0.3, 0.4) is 0 Å². The lowest BCUT2D eigenvalue weighted by Crippen LogP contribution is -2.34. The van der Waals surface area contributed by atoms with Crippen molar-refractivity contribution in [2.24, 2.45) is 7.05 Å². The van der Waals surface area contributed by atoms with Gasteiger partial charge in [-0.05, 0) is 31.4 Å². The molecule has 1 heterocycles. The molecule has 1 N–H and O–H groups in total. The molecule has 0 spiro atoms. The van der Waals surface area contributed by atoms with Gasteiger partial charge in [0.15, 0.2) is 0 Å². The Kier molecular flexibility index (Phi) is 3.66. The summed E-state index contributed by atoms with van der Waals surface area (Å²) < 4.78 is 2.16. The number of aryl methyl sites for hydroxylation is 1. The van der Waals surface area contributed by atoms with Crippen molar-refractivity contribution in [1.82, 2.24) is 9.47 Å². The topological polar surface area (TPSA) is 28.4 Å². The van der Waals surface area contributed by atoms with Crippen molar-refractivity contribution in [2.75, 3.05) is 6.54 Å². The van der Waals surface area contributed by atoms with E-state index >= 15 is 0 Å². The Morgan fingerprint density at radius 1 is 1.56 bits per heavy atom. The van der Waals surface area contributed by atoms with Crippen molar-refractivity contribution in [1.29, 1.82) is 0 Å². The van der Waals surface area contributed by atoms with Crippen molar-refractivity contribution < 1.29 is 5.11 Å². The number of rotatable bonds is 6. The lowest BCUT2D eigenvalue weighted by molar-refractivity contribution is 0.0998. The molecule has 1 aliphatic carbocycles. The highest BCUT2D eigenvalue weighted by Crippen LogP contribution is 2.28. The molecule has 1 atom stereocenters. The molecule has 0 amide bonds. The smallest absolute Gasteiger partial charge is 0.0664 e. The summed E-state index contributed by atoms with van der Waals surface area (Å²) >= 11 is 0. The van der Waals surface area contributed by atoms with Crippen LogP contribution < -0.4 is 0 Å². The first-order chi connectivity index (χ1) is 7.70. The van der Waals surface area contributed by atoms with Gasteiger partial charge >= 0.3 is 0 Å². The number of aliphatic hydroxyl groups excluding tert-OH is 1. The Morgan fingerprint density at radius 2 is 2.31 bits per heavy atom. The van der Waals surface area contributed by atoms with E-state index in [2.05, 4.69) is 34.8 Å². The molecular weight excluding hydrogens is 200 g/mol. The summed E-state index contributed by atoms with van der Waals surface area (Å²) in [5, 5.41) is 9.75. The van der Waals surface area contributed by atoms with Gasteiger partial charge in [0.1, 0.15) is 0 Å². The predicted molar refractivity (Wildman–Crippen MR) is 65.1 cm³/mol. The second kappa shape index (κ2) is 5.02. The van der Waals surface area contributed by atoms with Crippen LogP contribution in [0.25, 0.3) is 0 Å². The molecule has 1 unspecified atom stereocenters. The van der Waals surface area contributed by atoms with Gasteiger partial charge in [0.05, 0.1) is 6.10 Å². The zero-order valence-electron chi connectivity index (χ0n) is 10.3. The summed E-state index contributed by atoms with van der Waals surface area (Å²) in [6, 6.07) is 4.95. The first-order valence-electron chi connectivity index (χ1n) is 6.23. The minimum atomic E-state index is -0.180. The van der Waals surface area contributed by atoms with Gasteiger partial charge in [-0.15, -0.1) is 0 Å².